The van der Waals surface area contributed by atoms with Gasteiger partial charge in [0.15, 0.2) is 0 Å². The van der Waals surface area contributed by atoms with E-state index in [1.165, 1.54) is 0 Å². The number of nitrogens with zero attached hydrogens (tertiary/aromatic N) is 2. The fourth-order valence-corrected chi connectivity index (χ4v) is 6.65. The molecule has 0 spiro atoms. The highest BCUT2D eigenvalue weighted by molar-refractivity contribution is 6.42. The van der Waals surface area contributed by atoms with Gasteiger partial charge in [0.05, 0.1) is 22.2 Å². The number of amides is 3. The van der Waals surface area contributed by atoms with E-state index in [1.54, 1.807) is 25.0 Å². The SMILES string of the molecule is COCc1cccc(-c2ccccc2)c1C(=O)NC1CCN(C(=O)C2CCN(C(C)=O)CC2)CC1c1ccc(Cl)c(Cl)c1. The third-order valence-corrected chi connectivity index (χ3v) is 9.40. The lowest BCUT2D eigenvalue weighted by Gasteiger charge is -2.41. The number of halogens is 2. The first kappa shape index (κ1) is 31.0. The summed E-state index contributed by atoms with van der Waals surface area (Å²) in [4.78, 5) is 43.3. The maximum absolute atomic E-state index is 14.1. The van der Waals surface area contributed by atoms with Gasteiger partial charge in [-0.1, -0.05) is 77.8 Å². The molecule has 0 aliphatic carbocycles. The topological polar surface area (TPSA) is 79.0 Å². The summed E-state index contributed by atoms with van der Waals surface area (Å²) >= 11 is 12.7. The van der Waals surface area contributed by atoms with E-state index in [1.807, 2.05) is 65.6 Å². The lowest BCUT2D eigenvalue weighted by atomic mass is 9.84. The number of methoxy groups -OCH3 is 1. The third kappa shape index (κ3) is 7.06. The van der Waals surface area contributed by atoms with E-state index in [0.29, 0.717) is 67.7 Å². The fourth-order valence-electron chi connectivity index (χ4n) is 6.35. The first-order valence-corrected chi connectivity index (χ1v) is 15.5. The maximum atomic E-state index is 14.1. The molecule has 0 bridgehead atoms. The Bertz CT molecular complexity index is 1470. The molecular weight excluding hydrogens is 585 g/mol. The standard InChI is InChI=1S/C34H37Cl2N3O4/c1-22(40)38-16-13-24(14-17-38)34(42)39-18-15-31(28(20-39)25-11-12-29(35)30(36)19-25)37-33(41)32-26(21-43-2)9-6-10-27(32)23-7-4-3-5-8-23/h3-12,19,24,28,31H,13-18,20-21H2,1-2H3,(H,37,41). The molecule has 2 unspecified atom stereocenters. The normalized spacial score (nSPS) is 19.3. The first-order valence-electron chi connectivity index (χ1n) is 14.7. The minimum Gasteiger partial charge on any atom is -0.380 e. The van der Waals surface area contributed by atoms with Gasteiger partial charge in [0, 0.05) is 58.1 Å². The van der Waals surface area contributed by atoms with E-state index >= 15 is 0 Å². The molecule has 0 aromatic heterocycles. The van der Waals surface area contributed by atoms with Crippen molar-refractivity contribution >= 4 is 40.9 Å². The summed E-state index contributed by atoms with van der Waals surface area (Å²) in [7, 11) is 1.62. The summed E-state index contributed by atoms with van der Waals surface area (Å²) in [5, 5.41) is 4.21. The Morgan fingerprint density at radius 3 is 2.28 bits per heavy atom. The summed E-state index contributed by atoms with van der Waals surface area (Å²) in [6.07, 6.45) is 1.90. The van der Waals surface area contributed by atoms with Crippen molar-refractivity contribution in [3.63, 3.8) is 0 Å². The van der Waals surface area contributed by atoms with Crippen LogP contribution in [0.4, 0.5) is 0 Å². The van der Waals surface area contributed by atoms with E-state index in [0.717, 1.165) is 22.3 Å². The molecule has 2 aliphatic rings. The molecule has 7 nitrogen and oxygen atoms in total. The number of piperidine rings is 2. The average molecular weight is 623 g/mol. The molecule has 3 aromatic rings. The molecule has 226 valence electrons. The van der Waals surface area contributed by atoms with Gasteiger partial charge >= 0.3 is 0 Å². The second kappa shape index (κ2) is 13.9. The summed E-state index contributed by atoms with van der Waals surface area (Å²) in [6, 6.07) is 20.9. The second-order valence-electron chi connectivity index (χ2n) is 11.4. The van der Waals surface area contributed by atoms with Crippen LogP contribution in [0, 0.1) is 5.92 Å². The number of benzene rings is 3. The highest BCUT2D eigenvalue weighted by Gasteiger charge is 2.37. The van der Waals surface area contributed by atoms with Crippen LogP contribution in [0.25, 0.3) is 11.1 Å². The van der Waals surface area contributed by atoms with Crippen LogP contribution in [0.3, 0.4) is 0 Å². The van der Waals surface area contributed by atoms with Crippen molar-refractivity contribution in [1.82, 2.24) is 15.1 Å². The van der Waals surface area contributed by atoms with Crippen molar-refractivity contribution in [2.75, 3.05) is 33.3 Å². The zero-order valence-corrected chi connectivity index (χ0v) is 26.0. The molecule has 5 rings (SSSR count). The molecule has 43 heavy (non-hydrogen) atoms. The molecular formula is C34H37Cl2N3O4. The monoisotopic (exact) mass is 621 g/mol. The van der Waals surface area contributed by atoms with Gasteiger partial charge in [0.2, 0.25) is 11.8 Å². The third-order valence-electron chi connectivity index (χ3n) is 8.66. The van der Waals surface area contributed by atoms with Gasteiger partial charge in [0.25, 0.3) is 5.91 Å². The summed E-state index contributed by atoms with van der Waals surface area (Å²) < 4.78 is 5.46. The Labute approximate surface area is 263 Å². The molecule has 1 N–H and O–H groups in total. The number of likely N-dealkylation sites (tertiary alicyclic amines) is 2. The highest BCUT2D eigenvalue weighted by atomic mass is 35.5. The van der Waals surface area contributed by atoms with Crippen molar-refractivity contribution in [2.45, 2.75) is 44.8 Å². The van der Waals surface area contributed by atoms with Gasteiger partial charge in [0.1, 0.15) is 0 Å². The largest absolute Gasteiger partial charge is 0.380 e. The van der Waals surface area contributed by atoms with Gasteiger partial charge < -0.3 is 19.9 Å². The number of carbonyl (C=O) groups is 3. The zero-order chi connectivity index (χ0) is 30.5. The van der Waals surface area contributed by atoms with Crippen LogP contribution in [0.1, 0.15) is 53.6 Å². The Hall–Kier alpha value is -3.39. The summed E-state index contributed by atoms with van der Waals surface area (Å²) in [5.41, 5.74) is 4.08. The smallest absolute Gasteiger partial charge is 0.252 e. The predicted octanol–water partition coefficient (Wildman–Crippen LogP) is 6.18. The molecule has 2 atom stereocenters. The van der Waals surface area contributed by atoms with Crippen LogP contribution < -0.4 is 5.32 Å². The Morgan fingerprint density at radius 1 is 0.884 bits per heavy atom. The molecule has 2 aliphatic heterocycles. The Kier molecular flexibility index (Phi) is 10.1. The van der Waals surface area contributed by atoms with Crippen LogP contribution in [-0.2, 0) is 20.9 Å². The van der Waals surface area contributed by atoms with Gasteiger partial charge in [-0.3, -0.25) is 14.4 Å². The average Bonchev–Trinajstić information content (AvgIpc) is 3.02. The molecule has 3 aromatic carbocycles. The minimum atomic E-state index is -0.243. The number of hydrogen-bond donors (Lipinski definition) is 1. The number of hydrogen-bond acceptors (Lipinski definition) is 4. The predicted molar refractivity (Wildman–Crippen MR) is 169 cm³/mol. The van der Waals surface area contributed by atoms with Crippen LogP contribution in [-0.4, -0.2) is 66.9 Å². The summed E-state index contributed by atoms with van der Waals surface area (Å²) in [5.74, 6) is -0.341. The molecule has 2 heterocycles. The van der Waals surface area contributed by atoms with E-state index in [9.17, 15) is 14.4 Å². The minimum absolute atomic E-state index is 0.0460. The molecule has 2 fully saturated rings. The quantitative estimate of drug-likeness (QED) is 0.342. The lowest BCUT2D eigenvalue weighted by molar-refractivity contribution is -0.141. The summed E-state index contributed by atoms with van der Waals surface area (Å²) in [6.45, 7) is 4.03. The number of carbonyl (C=O) groups excluding carboxylic acids is 3. The zero-order valence-electron chi connectivity index (χ0n) is 24.5. The van der Waals surface area contributed by atoms with E-state index in [-0.39, 0.29) is 35.6 Å². The van der Waals surface area contributed by atoms with Crippen LogP contribution in [0.2, 0.25) is 10.0 Å². The van der Waals surface area contributed by atoms with Crippen molar-refractivity contribution in [2.24, 2.45) is 5.92 Å². The second-order valence-corrected chi connectivity index (χ2v) is 12.2. The maximum Gasteiger partial charge on any atom is 0.252 e. The number of rotatable bonds is 7. The van der Waals surface area contributed by atoms with Gasteiger partial charge in [-0.15, -0.1) is 0 Å². The van der Waals surface area contributed by atoms with Gasteiger partial charge in [-0.05, 0) is 53.6 Å². The highest BCUT2D eigenvalue weighted by Crippen LogP contribution is 2.34. The van der Waals surface area contributed by atoms with Crippen LogP contribution in [0.15, 0.2) is 66.7 Å². The number of nitrogens with one attached hydrogen (secondary N) is 1. The van der Waals surface area contributed by atoms with E-state index < -0.39 is 0 Å². The van der Waals surface area contributed by atoms with Crippen molar-refractivity contribution in [3.8, 4) is 11.1 Å². The Balaban J connectivity index is 1.41. The fraction of sp³-hybridized carbons (Fsp3) is 0.382. The van der Waals surface area contributed by atoms with Gasteiger partial charge in [-0.25, -0.2) is 0 Å². The molecule has 2 saturated heterocycles. The van der Waals surface area contributed by atoms with Crippen LogP contribution in [0.5, 0.6) is 0 Å². The van der Waals surface area contributed by atoms with Crippen molar-refractivity contribution in [3.05, 3.63) is 93.5 Å². The molecule has 3 amide bonds. The van der Waals surface area contributed by atoms with Crippen LogP contribution >= 0.6 is 23.2 Å². The Morgan fingerprint density at radius 2 is 1.60 bits per heavy atom. The number of ether oxygens (including phenoxy) is 1. The van der Waals surface area contributed by atoms with E-state index in [2.05, 4.69) is 5.32 Å². The van der Waals surface area contributed by atoms with Gasteiger partial charge in [-0.2, -0.15) is 0 Å². The molecule has 0 saturated carbocycles. The van der Waals surface area contributed by atoms with Crippen molar-refractivity contribution in [1.29, 1.82) is 0 Å². The molecule has 9 heteroatoms. The van der Waals surface area contributed by atoms with E-state index in [4.69, 9.17) is 27.9 Å². The lowest BCUT2D eigenvalue weighted by Crippen LogP contribution is -2.53. The molecule has 0 radical (unpaired) electrons. The first-order chi connectivity index (χ1) is 20.8. The van der Waals surface area contributed by atoms with Crippen molar-refractivity contribution < 1.29 is 19.1 Å².